The van der Waals surface area contributed by atoms with Gasteiger partial charge in [0.2, 0.25) is 0 Å². The van der Waals surface area contributed by atoms with Crippen molar-refractivity contribution < 1.29 is 4.74 Å². The Balaban J connectivity index is 2.43. The number of rotatable bonds is 4. The highest BCUT2D eigenvalue weighted by Crippen LogP contribution is 2.16. The number of hydrogen-bond donors (Lipinski definition) is 0. The van der Waals surface area contributed by atoms with E-state index >= 15 is 0 Å². The van der Waals surface area contributed by atoms with Gasteiger partial charge in [-0.2, -0.15) is 0 Å². The Kier molecular flexibility index (Phi) is 3.83. The molecule has 0 bridgehead atoms. The van der Waals surface area contributed by atoms with E-state index in [0.717, 1.165) is 29.2 Å². The van der Waals surface area contributed by atoms with E-state index in [0.29, 0.717) is 6.61 Å². The van der Waals surface area contributed by atoms with E-state index in [4.69, 9.17) is 4.74 Å². The zero-order valence-electron chi connectivity index (χ0n) is 10.2. The van der Waals surface area contributed by atoms with E-state index in [1.54, 1.807) is 7.11 Å². The highest BCUT2D eigenvalue weighted by Gasteiger charge is 2.05. The van der Waals surface area contributed by atoms with Gasteiger partial charge in [0, 0.05) is 18.4 Å². The molecule has 2 rings (SSSR count). The summed E-state index contributed by atoms with van der Waals surface area (Å²) < 4.78 is 5.13. The van der Waals surface area contributed by atoms with Crippen LogP contribution in [0.1, 0.15) is 18.3 Å². The summed E-state index contributed by atoms with van der Waals surface area (Å²) >= 11 is 0. The molecule has 0 saturated carbocycles. The normalized spacial score (nSPS) is 10.5. The van der Waals surface area contributed by atoms with Crippen molar-refractivity contribution in [2.75, 3.05) is 7.11 Å². The molecule has 1 aromatic heterocycles. The summed E-state index contributed by atoms with van der Waals surface area (Å²) in [5.74, 6) is 0.775. The second-order valence-electron chi connectivity index (χ2n) is 3.83. The Morgan fingerprint density at radius 1 is 1.06 bits per heavy atom. The lowest BCUT2D eigenvalue weighted by molar-refractivity contribution is 0.181. The van der Waals surface area contributed by atoms with Crippen LogP contribution in [0.5, 0.6) is 0 Å². The average Bonchev–Trinajstić information content (AvgIpc) is 2.40. The van der Waals surface area contributed by atoms with Crippen molar-refractivity contribution >= 4 is 0 Å². The summed E-state index contributed by atoms with van der Waals surface area (Å²) in [5.41, 5.74) is 3.02. The van der Waals surface area contributed by atoms with Crippen molar-refractivity contribution in [3.8, 4) is 11.4 Å². The SMILES string of the molecule is CCc1cc(COC)nc(-c2ccccc2)n1. The van der Waals surface area contributed by atoms with Crippen molar-refractivity contribution in [3.63, 3.8) is 0 Å². The summed E-state index contributed by atoms with van der Waals surface area (Å²) in [6, 6.07) is 12.0. The molecule has 0 N–H and O–H groups in total. The van der Waals surface area contributed by atoms with E-state index in [-0.39, 0.29) is 0 Å². The fourth-order valence-electron chi connectivity index (χ4n) is 1.67. The molecule has 3 heteroatoms. The molecule has 0 aliphatic rings. The van der Waals surface area contributed by atoms with Gasteiger partial charge in [-0.1, -0.05) is 37.3 Å². The van der Waals surface area contributed by atoms with Crippen LogP contribution in [0.3, 0.4) is 0 Å². The number of aromatic nitrogens is 2. The smallest absolute Gasteiger partial charge is 0.159 e. The van der Waals surface area contributed by atoms with Gasteiger partial charge in [-0.25, -0.2) is 9.97 Å². The van der Waals surface area contributed by atoms with Crippen LogP contribution in [0.4, 0.5) is 0 Å². The Hall–Kier alpha value is -1.74. The van der Waals surface area contributed by atoms with Gasteiger partial charge < -0.3 is 4.74 Å². The minimum atomic E-state index is 0.523. The molecule has 0 unspecified atom stereocenters. The minimum absolute atomic E-state index is 0.523. The van der Waals surface area contributed by atoms with Gasteiger partial charge in [0.1, 0.15) is 0 Å². The van der Waals surface area contributed by atoms with Crippen molar-refractivity contribution in [1.29, 1.82) is 0 Å². The molecular weight excluding hydrogens is 212 g/mol. The molecule has 0 spiro atoms. The van der Waals surface area contributed by atoms with Crippen LogP contribution < -0.4 is 0 Å². The fraction of sp³-hybridized carbons (Fsp3) is 0.286. The van der Waals surface area contributed by atoms with Crippen LogP contribution in [0.25, 0.3) is 11.4 Å². The van der Waals surface area contributed by atoms with Crippen LogP contribution in [0.15, 0.2) is 36.4 Å². The first-order valence-electron chi connectivity index (χ1n) is 5.74. The van der Waals surface area contributed by atoms with Gasteiger partial charge in [-0.3, -0.25) is 0 Å². The lowest BCUT2D eigenvalue weighted by Gasteiger charge is -2.06. The molecule has 0 fully saturated rings. The molecule has 0 amide bonds. The quantitative estimate of drug-likeness (QED) is 0.807. The van der Waals surface area contributed by atoms with Crippen molar-refractivity contribution in [3.05, 3.63) is 47.8 Å². The molecular formula is C14H16N2O. The van der Waals surface area contributed by atoms with Gasteiger partial charge >= 0.3 is 0 Å². The predicted molar refractivity (Wildman–Crippen MR) is 67.6 cm³/mol. The second-order valence-corrected chi connectivity index (χ2v) is 3.83. The zero-order valence-corrected chi connectivity index (χ0v) is 10.2. The third-order valence-corrected chi connectivity index (χ3v) is 2.52. The summed E-state index contributed by atoms with van der Waals surface area (Å²) in [6.45, 7) is 2.61. The van der Waals surface area contributed by atoms with E-state index in [1.165, 1.54) is 0 Å². The van der Waals surface area contributed by atoms with Crippen molar-refractivity contribution in [1.82, 2.24) is 9.97 Å². The van der Waals surface area contributed by atoms with Gasteiger partial charge in [0.05, 0.1) is 12.3 Å². The van der Waals surface area contributed by atoms with Crippen LogP contribution >= 0.6 is 0 Å². The van der Waals surface area contributed by atoms with Crippen molar-refractivity contribution in [2.45, 2.75) is 20.0 Å². The molecule has 0 atom stereocenters. The van der Waals surface area contributed by atoms with Gasteiger partial charge in [-0.15, -0.1) is 0 Å². The number of benzene rings is 1. The number of aryl methyl sites for hydroxylation is 1. The molecule has 0 saturated heterocycles. The monoisotopic (exact) mass is 228 g/mol. The molecule has 88 valence electrons. The summed E-state index contributed by atoms with van der Waals surface area (Å²) in [7, 11) is 1.68. The lowest BCUT2D eigenvalue weighted by atomic mass is 10.2. The Morgan fingerprint density at radius 3 is 2.41 bits per heavy atom. The van der Waals surface area contributed by atoms with Gasteiger partial charge in [0.25, 0.3) is 0 Å². The molecule has 3 nitrogen and oxygen atoms in total. The summed E-state index contributed by atoms with van der Waals surface area (Å²) in [5, 5.41) is 0. The van der Waals surface area contributed by atoms with Crippen LogP contribution in [-0.4, -0.2) is 17.1 Å². The summed E-state index contributed by atoms with van der Waals surface area (Å²) in [4.78, 5) is 9.04. The van der Waals surface area contributed by atoms with E-state index in [2.05, 4.69) is 16.9 Å². The fourth-order valence-corrected chi connectivity index (χ4v) is 1.67. The highest BCUT2D eigenvalue weighted by atomic mass is 16.5. The van der Waals surface area contributed by atoms with Crippen LogP contribution in [0, 0.1) is 0 Å². The maximum Gasteiger partial charge on any atom is 0.159 e. The maximum absolute atomic E-state index is 5.13. The average molecular weight is 228 g/mol. The zero-order chi connectivity index (χ0) is 12.1. The molecule has 0 aliphatic heterocycles. The largest absolute Gasteiger partial charge is 0.378 e. The Morgan fingerprint density at radius 2 is 1.76 bits per heavy atom. The highest BCUT2D eigenvalue weighted by molar-refractivity contribution is 5.54. The first-order valence-corrected chi connectivity index (χ1v) is 5.74. The van der Waals surface area contributed by atoms with Crippen molar-refractivity contribution in [2.24, 2.45) is 0 Å². The number of nitrogens with zero attached hydrogens (tertiary/aromatic N) is 2. The van der Waals surface area contributed by atoms with Crippen LogP contribution in [0.2, 0.25) is 0 Å². The lowest BCUT2D eigenvalue weighted by Crippen LogP contribution is -2.00. The number of hydrogen-bond acceptors (Lipinski definition) is 3. The van der Waals surface area contributed by atoms with E-state index in [1.807, 2.05) is 36.4 Å². The standard InChI is InChI=1S/C14H16N2O/c1-3-12-9-13(10-17-2)16-14(15-12)11-7-5-4-6-8-11/h4-9H,3,10H2,1-2H3. The third-order valence-electron chi connectivity index (χ3n) is 2.52. The molecule has 1 heterocycles. The van der Waals surface area contributed by atoms with Gasteiger partial charge in [-0.05, 0) is 12.5 Å². The molecule has 2 aromatic rings. The molecule has 0 aliphatic carbocycles. The topological polar surface area (TPSA) is 35.0 Å². The molecule has 0 radical (unpaired) electrons. The molecule has 17 heavy (non-hydrogen) atoms. The van der Waals surface area contributed by atoms with E-state index in [9.17, 15) is 0 Å². The molecule has 1 aromatic carbocycles. The second kappa shape index (κ2) is 5.55. The predicted octanol–water partition coefficient (Wildman–Crippen LogP) is 2.85. The van der Waals surface area contributed by atoms with Crippen LogP contribution in [-0.2, 0) is 17.8 Å². The third kappa shape index (κ3) is 2.88. The first kappa shape index (κ1) is 11.7. The Labute approximate surface area is 102 Å². The maximum atomic E-state index is 5.13. The Bertz CT molecular complexity index is 483. The van der Waals surface area contributed by atoms with Gasteiger partial charge in [0.15, 0.2) is 5.82 Å². The minimum Gasteiger partial charge on any atom is -0.378 e. The van der Waals surface area contributed by atoms with E-state index < -0.39 is 0 Å². The first-order chi connectivity index (χ1) is 8.33. The number of methoxy groups -OCH3 is 1. The summed E-state index contributed by atoms with van der Waals surface area (Å²) in [6.07, 6.45) is 0.902. The number of ether oxygens (including phenoxy) is 1.